The summed E-state index contributed by atoms with van der Waals surface area (Å²) in [7, 11) is 0. The number of ether oxygens (including phenoxy) is 1. The fourth-order valence-electron chi connectivity index (χ4n) is 3.11. The highest BCUT2D eigenvalue weighted by Crippen LogP contribution is 2.21. The number of hydrogen-bond donors (Lipinski definition) is 2. The first-order chi connectivity index (χ1) is 13.5. The predicted octanol–water partition coefficient (Wildman–Crippen LogP) is 4.54. The summed E-state index contributed by atoms with van der Waals surface area (Å²) in [6.45, 7) is 5.26. The Bertz CT molecular complexity index is 820. The Labute approximate surface area is 189 Å². The van der Waals surface area contributed by atoms with Crippen molar-refractivity contribution in [2.75, 3.05) is 16.8 Å². The number of rotatable bonds is 6. The average Bonchev–Trinajstić information content (AvgIpc) is 2.68. The van der Waals surface area contributed by atoms with E-state index in [1.165, 1.54) is 0 Å². The fraction of sp³-hybridized carbons (Fsp3) is 0.364. The Balaban J connectivity index is 0.00000300. The summed E-state index contributed by atoms with van der Waals surface area (Å²) in [5.74, 6) is 1.38. The number of benzene rings is 2. The van der Waals surface area contributed by atoms with E-state index in [-0.39, 0.29) is 36.0 Å². The zero-order valence-electron chi connectivity index (χ0n) is 16.9. The van der Waals surface area contributed by atoms with Gasteiger partial charge in [-0.25, -0.2) is 4.99 Å². The molecule has 0 spiro atoms. The zero-order chi connectivity index (χ0) is 19.9. The largest absolute Gasteiger partial charge is 0.491 e. The highest BCUT2D eigenvalue weighted by atomic mass is 127. The number of aliphatic imine (C=N–C) groups is 1. The van der Waals surface area contributed by atoms with Crippen molar-refractivity contribution in [3.05, 3.63) is 54.1 Å². The molecule has 0 unspecified atom stereocenters. The SMILES string of the molecule is CC(C)Oc1ccc(NC(N)=NCc2ccc(N3CCCCC3=O)cc2)cc1.I. The highest BCUT2D eigenvalue weighted by molar-refractivity contribution is 14.0. The van der Waals surface area contributed by atoms with Crippen molar-refractivity contribution < 1.29 is 9.53 Å². The molecule has 1 heterocycles. The molecule has 1 aliphatic rings. The minimum Gasteiger partial charge on any atom is -0.491 e. The van der Waals surface area contributed by atoms with E-state index in [4.69, 9.17) is 10.5 Å². The third kappa shape index (κ3) is 6.92. The van der Waals surface area contributed by atoms with Gasteiger partial charge < -0.3 is 20.7 Å². The summed E-state index contributed by atoms with van der Waals surface area (Å²) in [4.78, 5) is 18.3. The number of carbonyl (C=O) groups is 1. The number of nitrogens with zero attached hydrogens (tertiary/aromatic N) is 2. The second-order valence-corrected chi connectivity index (χ2v) is 7.19. The molecule has 156 valence electrons. The number of carbonyl (C=O) groups excluding carboxylic acids is 1. The first-order valence-corrected chi connectivity index (χ1v) is 9.74. The Kier molecular flexibility index (Phi) is 8.75. The van der Waals surface area contributed by atoms with E-state index in [2.05, 4.69) is 10.3 Å². The number of anilines is 2. The van der Waals surface area contributed by atoms with Gasteiger partial charge in [0, 0.05) is 24.3 Å². The Morgan fingerprint density at radius 2 is 1.83 bits per heavy atom. The van der Waals surface area contributed by atoms with E-state index >= 15 is 0 Å². The lowest BCUT2D eigenvalue weighted by Gasteiger charge is -2.26. The van der Waals surface area contributed by atoms with Crippen molar-refractivity contribution in [2.24, 2.45) is 10.7 Å². The lowest BCUT2D eigenvalue weighted by Crippen LogP contribution is -2.35. The van der Waals surface area contributed by atoms with Gasteiger partial charge in [0.15, 0.2) is 5.96 Å². The van der Waals surface area contributed by atoms with Crippen LogP contribution in [0.3, 0.4) is 0 Å². The van der Waals surface area contributed by atoms with Gasteiger partial charge in [0.05, 0.1) is 12.6 Å². The van der Waals surface area contributed by atoms with Crippen molar-refractivity contribution in [3.63, 3.8) is 0 Å². The normalized spacial score (nSPS) is 14.5. The quantitative estimate of drug-likeness (QED) is 0.341. The summed E-state index contributed by atoms with van der Waals surface area (Å²) in [5, 5.41) is 3.08. The molecule has 1 aliphatic heterocycles. The molecule has 3 rings (SSSR count). The monoisotopic (exact) mass is 508 g/mol. The number of piperidine rings is 1. The van der Waals surface area contributed by atoms with Gasteiger partial charge in [-0.05, 0) is 68.7 Å². The topological polar surface area (TPSA) is 80.0 Å². The molecular formula is C22H29IN4O2. The number of guanidine groups is 1. The molecule has 2 aromatic carbocycles. The maximum Gasteiger partial charge on any atom is 0.226 e. The van der Waals surface area contributed by atoms with E-state index in [0.29, 0.717) is 18.9 Å². The van der Waals surface area contributed by atoms with Crippen LogP contribution in [0.4, 0.5) is 11.4 Å². The van der Waals surface area contributed by atoms with Crippen molar-refractivity contribution in [2.45, 2.75) is 45.8 Å². The van der Waals surface area contributed by atoms with Crippen molar-refractivity contribution in [1.29, 1.82) is 0 Å². The van der Waals surface area contributed by atoms with Crippen LogP contribution in [0.1, 0.15) is 38.7 Å². The third-order valence-corrected chi connectivity index (χ3v) is 4.50. The van der Waals surface area contributed by atoms with Crippen molar-refractivity contribution in [1.82, 2.24) is 0 Å². The lowest BCUT2D eigenvalue weighted by molar-refractivity contribution is -0.119. The molecule has 1 saturated heterocycles. The van der Waals surface area contributed by atoms with Gasteiger partial charge in [0.2, 0.25) is 5.91 Å². The Morgan fingerprint density at radius 1 is 1.14 bits per heavy atom. The number of nitrogens with one attached hydrogen (secondary N) is 1. The fourth-order valence-corrected chi connectivity index (χ4v) is 3.11. The summed E-state index contributed by atoms with van der Waals surface area (Å²) in [6.07, 6.45) is 2.83. The van der Waals surface area contributed by atoms with Crippen LogP contribution in [0.5, 0.6) is 5.75 Å². The number of nitrogens with two attached hydrogens (primary N) is 1. The van der Waals surface area contributed by atoms with Crippen LogP contribution in [0.15, 0.2) is 53.5 Å². The zero-order valence-corrected chi connectivity index (χ0v) is 19.3. The molecule has 7 heteroatoms. The summed E-state index contributed by atoms with van der Waals surface area (Å²) < 4.78 is 5.63. The van der Waals surface area contributed by atoms with Crippen LogP contribution in [0.25, 0.3) is 0 Å². The van der Waals surface area contributed by atoms with E-state index in [1.54, 1.807) is 0 Å². The molecule has 6 nitrogen and oxygen atoms in total. The molecule has 0 aromatic heterocycles. The molecule has 1 amide bonds. The standard InChI is InChI=1S/C22H28N4O2.HI/c1-16(2)28-20-12-8-18(9-13-20)25-22(23)24-15-17-6-10-19(11-7-17)26-14-4-3-5-21(26)27;/h6-13,16H,3-5,14-15H2,1-2H3,(H3,23,24,25);1H. The van der Waals surface area contributed by atoms with E-state index in [9.17, 15) is 4.79 Å². The van der Waals surface area contributed by atoms with Crippen LogP contribution in [0, 0.1) is 0 Å². The van der Waals surface area contributed by atoms with Gasteiger partial charge in [-0.15, -0.1) is 24.0 Å². The first-order valence-electron chi connectivity index (χ1n) is 9.74. The average molecular weight is 508 g/mol. The molecule has 0 aliphatic carbocycles. The van der Waals surface area contributed by atoms with E-state index < -0.39 is 0 Å². The van der Waals surface area contributed by atoms with E-state index in [1.807, 2.05) is 67.3 Å². The molecule has 0 atom stereocenters. The number of amides is 1. The van der Waals surface area contributed by atoms with Gasteiger partial charge in [-0.3, -0.25) is 4.79 Å². The second kappa shape index (κ2) is 11.0. The van der Waals surface area contributed by atoms with Gasteiger partial charge in [-0.1, -0.05) is 12.1 Å². The van der Waals surface area contributed by atoms with Crippen LogP contribution in [0.2, 0.25) is 0 Å². The van der Waals surface area contributed by atoms with Gasteiger partial charge in [0.25, 0.3) is 0 Å². The van der Waals surface area contributed by atoms with E-state index in [0.717, 1.165) is 42.1 Å². The summed E-state index contributed by atoms with van der Waals surface area (Å²) in [5.41, 5.74) is 8.84. The number of hydrogen-bond acceptors (Lipinski definition) is 3. The molecule has 1 fully saturated rings. The van der Waals surface area contributed by atoms with Crippen molar-refractivity contribution in [3.8, 4) is 5.75 Å². The third-order valence-electron chi connectivity index (χ3n) is 4.50. The Morgan fingerprint density at radius 3 is 2.45 bits per heavy atom. The lowest BCUT2D eigenvalue weighted by atomic mass is 10.1. The highest BCUT2D eigenvalue weighted by Gasteiger charge is 2.19. The van der Waals surface area contributed by atoms with Crippen LogP contribution in [-0.2, 0) is 11.3 Å². The summed E-state index contributed by atoms with van der Waals surface area (Å²) >= 11 is 0. The summed E-state index contributed by atoms with van der Waals surface area (Å²) in [6, 6.07) is 15.6. The molecule has 0 saturated carbocycles. The van der Waals surface area contributed by atoms with Crippen LogP contribution < -0.4 is 20.7 Å². The minimum atomic E-state index is 0. The minimum absolute atomic E-state index is 0. The Hall–Kier alpha value is -2.29. The predicted molar refractivity (Wildman–Crippen MR) is 129 cm³/mol. The van der Waals surface area contributed by atoms with Gasteiger partial charge in [-0.2, -0.15) is 0 Å². The molecule has 3 N–H and O–H groups in total. The second-order valence-electron chi connectivity index (χ2n) is 7.19. The molecule has 29 heavy (non-hydrogen) atoms. The molecule has 2 aromatic rings. The maximum atomic E-state index is 12.0. The van der Waals surface area contributed by atoms with Crippen LogP contribution >= 0.6 is 24.0 Å². The molecular weight excluding hydrogens is 479 g/mol. The first kappa shape index (κ1) is 23.0. The smallest absolute Gasteiger partial charge is 0.226 e. The van der Waals surface area contributed by atoms with Gasteiger partial charge in [0.1, 0.15) is 5.75 Å². The number of halogens is 1. The maximum absolute atomic E-state index is 12.0. The van der Waals surface area contributed by atoms with Crippen LogP contribution in [-0.4, -0.2) is 24.5 Å². The van der Waals surface area contributed by atoms with Gasteiger partial charge >= 0.3 is 0 Å². The van der Waals surface area contributed by atoms with Crippen molar-refractivity contribution >= 4 is 47.2 Å². The molecule has 0 radical (unpaired) electrons. The molecule has 0 bridgehead atoms.